The van der Waals surface area contributed by atoms with E-state index >= 15 is 0 Å². The van der Waals surface area contributed by atoms with Gasteiger partial charge in [0.1, 0.15) is 5.92 Å². The molecule has 0 aliphatic carbocycles. The number of carbonyl (C=O) groups is 2. The van der Waals surface area contributed by atoms with Gasteiger partial charge in [0.05, 0.1) is 17.4 Å². The molecule has 0 aromatic heterocycles. The van der Waals surface area contributed by atoms with E-state index < -0.39 is 18.1 Å². The van der Waals surface area contributed by atoms with Crippen molar-refractivity contribution in [3.63, 3.8) is 0 Å². The van der Waals surface area contributed by atoms with Crippen molar-refractivity contribution in [3.8, 4) is 0 Å². The van der Waals surface area contributed by atoms with Crippen molar-refractivity contribution in [2.75, 3.05) is 29.0 Å². The number of amides is 2. The van der Waals surface area contributed by atoms with Crippen LogP contribution in [0.3, 0.4) is 0 Å². The SMILES string of the molecule is Cc1ccccc1N1O[C@@H]2C(=O)N(c3ccc(Cl)cc3)C(=O)[C@@H]2[C@H]1c1ccc(N(C)C)cc1. The van der Waals surface area contributed by atoms with Gasteiger partial charge in [-0.25, -0.2) is 9.96 Å². The Morgan fingerprint density at radius 3 is 2.18 bits per heavy atom. The summed E-state index contributed by atoms with van der Waals surface area (Å²) in [5.74, 6) is -1.30. The molecule has 2 heterocycles. The van der Waals surface area contributed by atoms with Gasteiger partial charge in [-0.15, -0.1) is 0 Å². The summed E-state index contributed by atoms with van der Waals surface area (Å²) in [6, 6.07) is 22.1. The van der Waals surface area contributed by atoms with E-state index in [0.717, 1.165) is 22.5 Å². The van der Waals surface area contributed by atoms with Gasteiger partial charge in [0.2, 0.25) is 5.91 Å². The Bertz CT molecular complexity index is 1210. The summed E-state index contributed by atoms with van der Waals surface area (Å²) >= 11 is 6.00. The highest BCUT2D eigenvalue weighted by atomic mass is 35.5. The van der Waals surface area contributed by atoms with E-state index in [4.69, 9.17) is 16.4 Å². The average Bonchev–Trinajstić information content (AvgIpc) is 3.31. The Morgan fingerprint density at radius 1 is 0.879 bits per heavy atom. The van der Waals surface area contributed by atoms with Crippen molar-refractivity contribution in [2.24, 2.45) is 5.92 Å². The van der Waals surface area contributed by atoms with Gasteiger partial charge in [-0.2, -0.15) is 0 Å². The second-order valence-electron chi connectivity index (χ2n) is 8.58. The van der Waals surface area contributed by atoms with Gasteiger partial charge in [0.25, 0.3) is 5.91 Å². The molecule has 2 fully saturated rings. The summed E-state index contributed by atoms with van der Waals surface area (Å²) in [4.78, 5) is 36.5. The lowest BCUT2D eigenvalue weighted by atomic mass is 9.90. The summed E-state index contributed by atoms with van der Waals surface area (Å²) < 4.78 is 0. The van der Waals surface area contributed by atoms with E-state index in [1.54, 1.807) is 29.3 Å². The van der Waals surface area contributed by atoms with Crippen LogP contribution in [0.25, 0.3) is 0 Å². The summed E-state index contributed by atoms with van der Waals surface area (Å²) in [5.41, 5.74) is 4.30. The standard InChI is InChI=1S/C26H24ClN3O3/c1-16-6-4-5-7-21(16)30-23(17-8-12-19(13-9-17)28(2)3)22-24(33-30)26(32)29(25(22)31)20-14-10-18(27)11-15-20/h4-15,22-24H,1-3H3/t22-,23-,24+/m1/s1. The predicted octanol–water partition coefficient (Wildman–Crippen LogP) is 4.77. The zero-order chi connectivity index (χ0) is 23.3. The lowest BCUT2D eigenvalue weighted by Crippen LogP contribution is -2.37. The van der Waals surface area contributed by atoms with E-state index in [2.05, 4.69) is 0 Å². The number of anilines is 3. The van der Waals surface area contributed by atoms with E-state index in [1.807, 2.05) is 74.4 Å². The van der Waals surface area contributed by atoms with Crippen LogP contribution in [0, 0.1) is 12.8 Å². The maximum atomic E-state index is 13.7. The van der Waals surface area contributed by atoms with Crippen LogP contribution in [0.4, 0.5) is 17.1 Å². The second-order valence-corrected chi connectivity index (χ2v) is 9.02. The molecule has 33 heavy (non-hydrogen) atoms. The van der Waals surface area contributed by atoms with Gasteiger partial charge in [0, 0.05) is 24.8 Å². The molecule has 2 saturated heterocycles. The number of hydrogen-bond donors (Lipinski definition) is 0. The van der Waals surface area contributed by atoms with Gasteiger partial charge < -0.3 is 4.90 Å². The summed E-state index contributed by atoms with van der Waals surface area (Å²) in [6.45, 7) is 1.99. The molecule has 0 saturated carbocycles. The molecule has 168 valence electrons. The van der Waals surface area contributed by atoms with Crippen LogP contribution in [0.2, 0.25) is 5.02 Å². The van der Waals surface area contributed by atoms with Crippen molar-refractivity contribution in [1.29, 1.82) is 0 Å². The number of carbonyl (C=O) groups excluding carboxylic acids is 2. The predicted molar refractivity (Wildman–Crippen MR) is 129 cm³/mol. The minimum absolute atomic E-state index is 0.273. The summed E-state index contributed by atoms with van der Waals surface area (Å²) in [5, 5.41) is 2.28. The van der Waals surface area contributed by atoms with Gasteiger partial charge >= 0.3 is 0 Å². The van der Waals surface area contributed by atoms with Gasteiger partial charge in [-0.3, -0.25) is 14.4 Å². The molecule has 2 aliphatic heterocycles. The largest absolute Gasteiger partial charge is 0.378 e. The Morgan fingerprint density at radius 2 is 1.55 bits per heavy atom. The normalized spacial score (nSPS) is 22.1. The number of halogens is 1. The maximum absolute atomic E-state index is 13.7. The number of nitrogens with zero attached hydrogens (tertiary/aromatic N) is 3. The van der Waals surface area contributed by atoms with Crippen LogP contribution >= 0.6 is 11.6 Å². The highest BCUT2D eigenvalue weighted by molar-refractivity contribution is 6.31. The molecule has 3 atom stereocenters. The Balaban J connectivity index is 1.58. The van der Waals surface area contributed by atoms with Crippen molar-refractivity contribution in [3.05, 3.63) is 88.9 Å². The fourth-order valence-electron chi connectivity index (χ4n) is 4.59. The number of hydrogen-bond acceptors (Lipinski definition) is 5. The Labute approximate surface area is 197 Å². The van der Waals surface area contributed by atoms with Gasteiger partial charge in [0.15, 0.2) is 6.10 Å². The number of rotatable bonds is 4. The molecule has 7 heteroatoms. The Kier molecular flexibility index (Phi) is 5.35. The summed E-state index contributed by atoms with van der Waals surface area (Å²) in [6.07, 6.45) is -0.897. The zero-order valence-corrected chi connectivity index (χ0v) is 19.4. The fourth-order valence-corrected chi connectivity index (χ4v) is 4.71. The molecule has 5 rings (SSSR count). The van der Waals surface area contributed by atoms with Crippen LogP contribution in [0.15, 0.2) is 72.8 Å². The fraction of sp³-hybridized carbons (Fsp3) is 0.231. The van der Waals surface area contributed by atoms with E-state index in [1.165, 1.54) is 4.90 Å². The molecule has 3 aromatic rings. The lowest BCUT2D eigenvalue weighted by molar-refractivity contribution is -0.126. The van der Waals surface area contributed by atoms with Gasteiger partial charge in [-0.1, -0.05) is 41.9 Å². The smallest absolute Gasteiger partial charge is 0.266 e. The third-order valence-corrected chi connectivity index (χ3v) is 6.56. The first-order valence-corrected chi connectivity index (χ1v) is 11.2. The Hall–Kier alpha value is -3.35. The number of fused-ring (bicyclic) bond motifs is 1. The molecular formula is C26H24ClN3O3. The monoisotopic (exact) mass is 461 g/mol. The number of benzene rings is 3. The van der Waals surface area contributed by atoms with Gasteiger partial charge in [-0.05, 0) is 60.5 Å². The maximum Gasteiger partial charge on any atom is 0.266 e. The minimum atomic E-state index is -0.897. The highest BCUT2D eigenvalue weighted by Crippen LogP contribution is 2.48. The first-order chi connectivity index (χ1) is 15.9. The quantitative estimate of drug-likeness (QED) is 0.524. The molecule has 2 amide bonds. The first kappa shape index (κ1) is 21.5. The minimum Gasteiger partial charge on any atom is -0.378 e. The molecule has 0 radical (unpaired) electrons. The van der Waals surface area contributed by atoms with Crippen LogP contribution in [0.5, 0.6) is 0 Å². The lowest BCUT2D eigenvalue weighted by Gasteiger charge is -2.30. The van der Waals surface area contributed by atoms with Crippen molar-refractivity contribution in [2.45, 2.75) is 19.1 Å². The van der Waals surface area contributed by atoms with Crippen molar-refractivity contribution < 1.29 is 14.4 Å². The number of para-hydroxylation sites is 1. The van der Waals surface area contributed by atoms with Crippen LogP contribution in [-0.4, -0.2) is 32.0 Å². The third kappa shape index (κ3) is 3.56. The topological polar surface area (TPSA) is 53.1 Å². The molecule has 0 bridgehead atoms. The molecule has 0 spiro atoms. The van der Waals surface area contributed by atoms with Crippen molar-refractivity contribution in [1.82, 2.24) is 0 Å². The van der Waals surface area contributed by atoms with Crippen LogP contribution in [0.1, 0.15) is 17.2 Å². The number of imide groups is 1. The first-order valence-electron chi connectivity index (χ1n) is 10.8. The molecule has 0 unspecified atom stereocenters. The third-order valence-electron chi connectivity index (χ3n) is 6.30. The molecular weight excluding hydrogens is 438 g/mol. The summed E-state index contributed by atoms with van der Waals surface area (Å²) in [7, 11) is 3.96. The zero-order valence-electron chi connectivity index (χ0n) is 18.6. The van der Waals surface area contributed by atoms with Crippen molar-refractivity contribution >= 4 is 40.5 Å². The molecule has 2 aliphatic rings. The number of hydroxylamine groups is 1. The van der Waals surface area contributed by atoms with Crippen LogP contribution in [-0.2, 0) is 14.4 Å². The molecule has 3 aromatic carbocycles. The second kappa shape index (κ2) is 8.21. The van der Waals surface area contributed by atoms with Crippen LogP contribution < -0.4 is 14.9 Å². The van der Waals surface area contributed by atoms with E-state index in [9.17, 15) is 9.59 Å². The highest BCUT2D eigenvalue weighted by Gasteiger charge is 2.60. The van der Waals surface area contributed by atoms with E-state index in [-0.39, 0.29) is 11.8 Å². The molecule has 6 nitrogen and oxygen atoms in total. The number of aryl methyl sites for hydroxylation is 1. The molecule has 0 N–H and O–H groups in total. The average molecular weight is 462 g/mol. The van der Waals surface area contributed by atoms with E-state index in [0.29, 0.717) is 10.7 Å².